The van der Waals surface area contributed by atoms with Gasteiger partial charge in [-0.15, -0.1) is 0 Å². The Balaban J connectivity index is 1.51. The number of benzene rings is 3. The number of amides is 3. The van der Waals surface area contributed by atoms with Gasteiger partial charge in [0.05, 0.1) is 6.42 Å². The normalized spacial score (nSPS) is 11.4. The Kier molecular flexibility index (Phi) is 8.80. The number of carbonyl (C=O) groups is 3. The lowest BCUT2D eigenvalue weighted by Crippen LogP contribution is -2.55. The van der Waals surface area contributed by atoms with Gasteiger partial charge in [-0.1, -0.05) is 92.7 Å². The fourth-order valence-electron chi connectivity index (χ4n) is 3.38. The Bertz CT molecular complexity index is 1100. The molecular weight excluding hydrogens is 430 g/mol. The average molecular weight is 460 g/mol. The number of para-hydroxylation sites is 1. The third-order valence-corrected chi connectivity index (χ3v) is 5.13. The number of nitrogens with one attached hydrogen (secondary N) is 3. The van der Waals surface area contributed by atoms with E-state index in [4.69, 9.17) is 4.74 Å². The standard InChI is InChI=1S/C27H29N3O4/c1-19(2)26(28-24(31)17-20-11-5-3-6-12-20)27(33)30-29-25(32)18-34-23-16-10-9-15-22(23)21-13-7-4-8-14-21/h3-16,19,26H,17-18H2,1-2H3,(H,28,31)(H,29,32)(H,30,33)/t26-/m0/s1. The van der Waals surface area contributed by atoms with Gasteiger partial charge in [-0.3, -0.25) is 25.2 Å². The van der Waals surface area contributed by atoms with Crippen LogP contribution in [-0.4, -0.2) is 30.4 Å². The summed E-state index contributed by atoms with van der Waals surface area (Å²) in [4.78, 5) is 37.3. The minimum Gasteiger partial charge on any atom is -0.483 e. The van der Waals surface area contributed by atoms with Crippen LogP contribution in [0.3, 0.4) is 0 Å². The summed E-state index contributed by atoms with van der Waals surface area (Å²) in [6, 6.07) is 25.6. The van der Waals surface area contributed by atoms with Crippen molar-refractivity contribution in [2.45, 2.75) is 26.3 Å². The third kappa shape index (κ3) is 7.20. The Morgan fingerprint density at radius 1 is 0.765 bits per heavy atom. The molecule has 0 saturated heterocycles. The lowest BCUT2D eigenvalue weighted by molar-refractivity contribution is -0.133. The molecule has 7 heteroatoms. The molecule has 0 bridgehead atoms. The predicted octanol–water partition coefficient (Wildman–Crippen LogP) is 3.26. The van der Waals surface area contributed by atoms with Crippen LogP contribution < -0.4 is 20.9 Å². The van der Waals surface area contributed by atoms with Crippen LogP contribution in [0.25, 0.3) is 11.1 Å². The number of hydrogen-bond acceptors (Lipinski definition) is 4. The van der Waals surface area contributed by atoms with E-state index >= 15 is 0 Å². The summed E-state index contributed by atoms with van der Waals surface area (Å²) in [7, 11) is 0. The molecule has 1 atom stereocenters. The van der Waals surface area contributed by atoms with Gasteiger partial charge in [-0.25, -0.2) is 0 Å². The molecule has 3 rings (SSSR count). The Hall–Kier alpha value is -4.13. The highest BCUT2D eigenvalue weighted by Crippen LogP contribution is 2.29. The van der Waals surface area contributed by atoms with E-state index in [-0.39, 0.29) is 24.9 Å². The molecule has 34 heavy (non-hydrogen) atoms. The van der Waals surface area contributed by atoms with Gasteiger partial charge in [-0.05, 0) is 23.1 Å². The minimum absolute atomic E-state index is 0.165. The molecule has 0 unspecified atom stereocenters. The molecule has 7 nitrogen and oxygen atoms in total. The molecule has 3 N–H and O–H groups in total. The zero-order valence-corrected chi connectivity index (χ0v) is 19.3. The number of hydrazine groups is 1. The summed E-state index contributed by atoms with van der Waals surface area (Å²) in [6.07, 6.45) is 0.165. The van der Waals surface area contributed by atoms with Gasteiger partial charge in [-0.2, -0.15) is 0 Å². The molecule has 0 radical (unpaired) electrons. The molecule has 3 aromatic carbocycles. The van der Waals surface area contributed by atoms with Crippen molar-refractivity contribution < 1.29 is 19.1 Å². The topological polar surface area (TPSA) is 96.5 Å². The van der Waals surface area contributed by atoms with Gasteiger partial charge >= 0.3 is 0 Å². The van der Waals surface area contributed by atoms with Gasteiger partial charge in [0.15, 0.2) is 6.61 Å². The Labute approximate surface area is 199 Å². The number of ether oxygens (including phenoxy) is 1. The highest BCUT2D eigenvalue weighted by molar-refractivity contribution is 5.90. The summed E-state index contributed by atoms with van der Waals surface area (Å²) in [6.45, 7) is 3.35. The van der Waals surface area contributed by atoms with E-state index < -0.39 is 17.9 Å². The van der Waals surface area contributed by atoms with Crippen molar-refractivity contribution in [1.82, 2.24) is 16.2 Å². The fraction of sp³-hybridized carbons (Fsp3) is 0.222. The quantitative estimate of drug-likeness (QED) is 0.428. The SMILES string of the molecule is CC(C)[C@H](NC(=O)Cc1ccccc1)C(=O)NNC(=O)COc1ccccc1-c1ccccc1. The zero-order valence-electron chi connectivity index (χ0n) is 19.3. The van der Waals surface area contributed by atoms with Crippen molar-refractivity contribution in [3.05, 3.63) is 90.5 Å². The predicted molar refractivity (Wildman–Crippen MR) is 131 cm³/mol. The minimum atomic E-state index is -0.795. The first-order valence-corrected chi connectivity index (χ1v) is 11.1. The van der Waals surface area contributed by atoms with Crippen LogP contribution in [-0.2, 0) is 20.8 Å². The Morgan fingerprint density at radius 3 is 2.06 bits per heavy atom. The van der Waals surface area contributed by atoms with E-state index in [9.17, 15) is 14.4 Å². The molecule has 0 aliphatic rings. The van der Waals surface area contributed by atoms with E-state index in [0.29, 0.717) is 5.75 Å². The molecule has 3 aromatic rings. The van der Waals surface area contributed by atoms with Crippen molar-refractivity contribution in [2.24, 2.45) is 5.92 Å². The zero-order chi connectivity index (χ0) is 24.3. The molecule has 176 valence electrons. The first-order valence-electron chi connectivity index (χ1n) is 11.1. The highest BCUT2D eigenvalue weighted by Gasteiger charge is 2.24. The van der Waals surface area contributed by atoms with E-state index in [0.717, 1.165) is 16.7 Å². The lowest BCUT2D eigenvalue weighted by atomic mass is 10.0. The van der Waals surface area contributed by atoms with Crippen LogP contribution >= 0.6 is 0 Å². The molecule has 3 amide bonds. The average Bonchev–Trinajstić information content (AvgIpc) is 2.85. The molecule has 0 aromatic heterocycles. The van der Waals surface area contributed by atoms with Crippen LogP contribution in [0.4, 0.5) is 0 Å². The first-order chi connectivity index (χ1) is 16.4. The maximum Gasteiger partial charge on any atom is 0.276 e. The summed E-state index contributed by atoms with van der Waals surface area (Å²) >= 11 is 0. The molecule has 0 saturated carbocycles. The largest absolute Gasteiger partial charge is 0.483 e. The molecular formula is C27H29N3O4. The second-order valence-electron chi connectivity index (χ2n) is 8.14. The smallest absolute Gasteiger partial charge is 0.276 e. The van der Waals surface area contributed by atoms with Crippen molar-refractivity contribution in [3.8, 4) is 16.9 Å². The molecule has 0 fully saturated rings. The van der Waals surface area contributed by atoms with E-state index in [1.165, 1.54) is 0 Å². The van der Waals surface area contributed by atoms with Crippen molar-refractivity contribution in [2.75, 3.05) is 6.61 Å². The van der Waals surface area contributed by atoms with Crippen LogP contribution in [0.15, 0.2) is 84.9 Å². The molecule has 0 aliphatic heterocycles. The summed E-state index contributed by atoms with van der Waals surface area (Å²) in [5, 5.41) is 2.74. The van der Waals surface area contributed by atoms with Gasteiger partial charge in [0.1, 0.15) is 11.8 Å². The van der Waals surface area contributed by atoms with Crippen molar-refractivity contribution >= 4 is 17.7 Å². The fourth-order valence-corrected chi connectivity index (χ4v) is 3.38. The van der Waals surface area contributed by atoms with Crippen LogP contribution in [0.5, 0.6) is 5.75 Å². The van der Waals surface area contributed by atoms with Gasteiger partial charge in [0.25, 0.3) is 11.8 Å². The van der Waals surface area contributed by atoms with Crippen LogP contribution in [0, 0.1) is 5.92 Å². The van der Waals surface area contributed by atoms with E-state index in [1.54, 1.807) is 6.07 Å². The van der Waals surface area contributed by atoms with Crippen LogP contribution in [0.2, 0.25) is 0 Å². The third-order valence-electron chi connectivity index (χ3n) is 5.13. The second-order valence-corrected chi connectivity index (χ2v) is 8.14. The Morgan fingerprint density at radius 2 is 1.38 bits per heavy atom. The van der Waals surface area contributed by atoms with Crippen molar-refractivity contribution in [3.63, 3.8) is 0 Å². The molecule has 0 heterocycles. The molecule has 0 aliphatic carbocycles. The van der Waals surface area contributed by atoms with Gasteiger partial charge in [0.2, 0.25) is 5.91 Å². The van der Waals surface area contributed by atoms with Gasteiger partial charge in [0, 0.05) is 5.56 Å². The van der Waals surface area contributed by atoms with E-state index in [1.807, 2.05) is 92.7 Å². The monoisotopic (exact) mass is 459 g/mol. The number of carbonyl (C=O) groups excluding carboxylic acids is 3. The summed E-state index contributed by atoms with van der Waals surface area (Å²) in [5.41, 5.74) is 7.42. The first kappa shape index (κ1) is 24.5. The highest BCUT2D eigenvalue weighted by atomic mass is 16.5. The maximum atomic E-state index is 12.6. The number of hydrogen-bond donors (Lipinski definition) is 3. The van der Waals surface area contributed by atoms with Gasteiger partial charge < -0.3 is 10.1 Å². The summed E-state index contributed by atoms with van der Waals surface area (Å²) < 4.78 is 5.69. The van der Waals surface area contributed by atoms with E-state index in [2.05, 4.69) is 16.2 Å². The lowest BCUT2D eigenvalue weighted by Gasteiger charge is -2.22. The number of rotatable bonds is 9. The second kappa shape index (κ2) is 12.2. The van der Waals surface area contributed by atoms with Crippen molar-refractivity contribution in [1.29, 1.82) is 0 Å². The molecule has 0 spiro atoms. The summed E-state index contributed by atoms with van der Waals surface area (Å²) in [5.74, 6) is -0.912. The van der Waals surface area contributed by atoms with Crippen LogP contribution in [0.1, 0.15) is 19.4 Å². The maximum absolute atomic E-state index is 12.6.